The monoisotopic (exact) mass is 489 g/mol. The molecule has 1 aromatic carbocycles. The summed E-state index contributed by atoms with van der Waals surface area (Å²) >= 11 is 1.53. The van der Waals surface area contributed by atoms with Crippen LogP contribution >= 0.6 is 11.8 Å². The van der Waals surface area contributed by atoms with Crippen LogP contribution in [-0.2, 0) is 0 Å². The van der Waals surface area contributed by atoms with E-state index in [-0.39, 0.29) is 16.8 Å². The topological polar surface area (TPSA) is 100.0 Å². The van der Waals surface area contributed by atoms with Gasteiger partial charge in [0, 0.05) is 28.7 Å². The van der Waals surface area contributed by atoms with Crippen LogP contribution in [0, 0.1) is 0 Å². The Balaban J connectivity index is 1.25. The maximum absolute atomic E-state index is 10.8. The van der Waals surface area contributed by atoms with Crippen molar-refractivity contribution < 1.29 is 5.11 Å². The van der Waals surface area contributed by atoms with E-state index in [2.05, 4.69) is 49.4 Å². The third-order valence-electron chi connectivity index (χ3n) is 7.77. The average Bonchev–Trinajstić information content (AvgIpc) is 3.65. The second-order valence-electron chi connectivity index (χ2n) is 10.8. The number of fused-ring (bicyclic) bond motifs is 2. The minimum absolute atomic E-state index is 0.120. The zero-order chi connectivity index (χ0) is 24.2. The summed E-state index contributed by atoms with van der Waals surface area (Å²) in [6.45, 7) is 4.72. The lowest BCUT2D eigenvalue weighted by Crippen LogP contribution is -2.59. The van der Waals surface area contributed by atoms with Gasteiger partial charge in [-0.2, -0.15) is 5.10 Å². The number of thioether (sulfide) groups is 1. The molecule has 3 fully saturated rings. The fourth-order valence-corrected chi connectivity index (χ4v) is 6.43. The summed E-state index contributed by atoms with van der Waals surface area (Å²) in [6.07, 6.45) is 12.6. The first kappa shape index (κ1) is 22.7. The molecule has 6 rings (SSSR count). The van der Waals surface area contributed by atoms with Crippen LogP contribution in [0.15, 0.2) is 41.7 Å². The normalized spacial score (nSPS) is 27.7. The van der Waals surface area contributed by atoms with Crippen LogP contribution in [0.1, 0.15) is 52.4 Å². The van der Waals surface area contributed by atoms with E-state index in [1.54, 1.807) is 12.3 Å². The lowest BCUT2D eigenvalue weighted by molar-refractivity contribution is 0.203. The molecule has 1 aliphatic carbocycles. The van der Waals surface area contributed by atoms with E-state index in [0.717, 1.165) is 34.8 Å². The Bertz CT molecular complexity index is 1230. The van der Waals surface area contributed by atoms with Gasteiger partial charge in [-0.1, -0.05) is 6.07 Å². The van der Waals surface area contributed by atoms with Gasteiger partial charge in [0.1, 0.15) is 10.8 Å². The minimum Gasteiger partial charge on any atom is -0.507 e. The molecule has 9 heteroatoms. The Labute approximate surface area is 210 Å². The molecule has 8 nitrogen and oxygen atoms in total. The van der Waals surface area contributed by atoms with Crippen LogP contribution in [0.3, 0.4) is 0 Å². The summed E-state index contributed by atoms with van der Waals surface area (Å²) in [5, 5.41) is 32.7. The van der Waals surface area contributed by atoms with Gasteiger partial charge in [-0.25, -0.2) is 4.98 Å². The van der Waals surface area contributed by atoms with Crippen molar-refractivity contribution in [2.75, 3.05) is 11.2 Å². The van der Waals surface area contributed by atoms with E-state index in [0.29, 0.717) is 23.5 Å². The number of nitrogens with one attached hydrogen (secondary N) is 1. The van der Waals surface area contributed by atoms with Gasteiger partial charge >= 0.3 is 0 Å². The lowest BCUT2D eigenvalue weighted by atomic mass is 9.84. The predicted octanol–water partition coefficient (Wildman–Crippen LogP) is 4.46. The molecule has 182 valence electrons. The molecule has 1 saturated carbocycles. The Hall–Kier alpha value is -2.78. The van der Waals surface area contributed by atoms with E-state index >= 15 is 0 Å². The zero-order valence-corrected chi connectivity index (χ0v) is 21.2. The van der Waals surface area contributed by atoms with Crippen molar-refractivity contribution in [3.8, 4) is 28.3 Å². The Morgan fingerprint density at radius 2 is 1.74 bits per heavy atom. The second-order valence-corrected chi connectivity index (χ2v) is 11.6. The predicted molar refractivity (Wildman–Crippen MR) is 137 cm³/mol. The highest BCUT2D eigenvalue weighted by Crippen LogP contribution is 2.46. The molecule has 3 aliphatic rings. The molecule has 2 aromatic heterocycles. The highest BCUT2D eigenvalue weighted by Gasteiger charge is 2.51. The molecule has 0 amide bonds. The van der Waals surface area contributed by atoms with Gasteiger partial charge in [0.05, 0.1) is 18.0 Å². The molecular formula is C26H31N7OS. The molecule has 2 bridgehead atoms. The van der Waals surface area contributed by atoms with E-state index in [9.17, 15) is 5.11 Å². The number of phenols is 1. The van der Waals surface area contributed by atoms with Crippen molar-refractivity contribution in [2.45, 2.75) is 80.6 Å². The fourth-order valence-electron chi connectivity index (χ4n) is 6.06. The third-order valence-corrected chi connectivity index (χ3v) is 8.38. The number of benzene rings is 1. The summed E-state index contributed by atoms with van der Waals surface area (Å²) in [6, 6.07) is 8.42. The number of hydrogen-bond donors (Lipinski definition) is 2. The van der Waals surface area contributed by atoms with Gasteiger partial charge in [0.25, 0.3) is 0 Å². The standard InChI is InChI=1S/C26H31N7OS/c1-25-8-9-26(2,32-25)13-19(12-25)33(18-5-6-18)22-15-27-24(31-29-22)20-7-4-16(10-21(20)34)17-11-23(35-3)30-28-14-17/h4,7,10-11,14-15,18-19,32,34H,5-6,8-9,12-13H2,1-3H3/t19?,25-,26+. The number of aromatic hydroxyl groups is 1. The molecule has 4 heterocycles. The van der Waals surface area contributed by atoms with Crippen LogP contribution < -0.4 is 10.2 Å². The highest BCUT2D eigenvalue weighted by atomic mass is 32.2. The number of nitrogens with zero attached hydrogens (tertiary/aromatic N) is 6. The van der Waals surface area contributed by atoms with Crippen LogP contribution in [0.5, 0.6) is 5.75 Å². The average molecular weight is 490 g/mol. The Kier molecular flexibility index (Phi) is 5.45. The Morgan fingerprint density at radius 1 is 0.971 bits per heavy atom. The number of anilines is 1. The van der Waals surface area contributed by atoms with Crippen LogP contribution in [0.2, 0.25) is 0 Å². The largest absolute Gasteiger partial charge is 0.507 e. The molecule has 2 saturated heterocycles. The first-order chi connectivity index (χ1) is 16.8. The van der Waals surface area contributed by atoms with Gasteiger partial charge < -0.3 is 15.3 Å². The number of piperidine rings is 1. The van der Waals surface area contributed by atoms with Gasteiger partial charge in [0.15, 0.2) is 11.6 Å². The zero-order valence-electron chi connectivity index (χ0n) is 20.4. The molecule has 3 aromatic rings. The summed E-state index contributed by atoms with van der Waals surface area (Å²) < 4.78 is 0. The highest BCUT2D eigenvalue weighted by molar-refractivity contribution is 7.98. The van der Waals surface area contributed by atoms with Crippen molar-refractivity contribution in [1.82, 2.24) is 30.7 Å². The quantitative estimate of drug-likeness (QED) is 0.486. The second kappa shape index (κ2) is 8.41. The molecule has 1 unspecified atom stereocenters. The summed E-state index contributed by atoms with van der Waals surface area (Å²) in [5.74, 6) is 1.39. The van der Waals surface area contributed by atoms with E-state index in [1.807, 2.05) is 30.7 Å². The molecule has 2 N–H and O–H groups in total. The first-order valence-corrected chi connectivity index (χ1v) is 13.6. The van der Waals surface area contributed by atoms with E-state index in [1.165, 1.54) is 37.4 Å². The minimum atomic E-state index is 0.120. The summed E-state index contributed by atoms with van der Waals surface area (Å²) in [5.41, 5.74) is 2.72. The van der Waals surface area contributed by atoms with Crippen molar-refractivity contribution >= 4 is 17.6 Å². The van der Waals surface area contributed by atoms with E-state index in [4.69, 9.17) is 0 Å². The first-order valence-electron chi connectivity index (χ1n) is 12.3. The van der Waals surface area contributed by atoms with Gasteiger partial charge in [-0.3, -0.25) is 0 Å². The van der Waals surface area contributed by atoms with Gasteiger partial charge in [-0.15, -0.1) is 27.1 Å². The number of hydrogen-bond acceptors (Lipinski definition) is 9. The third kappa shape index (κ3) is 4.36. The summed E-state index contributed by atoms with van der Waals surface area (Å²) in [4.78, 5) is 7.12. The van der Waals surface area contributed by atoms with Crippen LogP contribution in [0.4, 0.5) is 5.82 Å². The molecule has 35 heavy (non-hydrogen) atoms. The molecule has 2 aliphatic heterocycles. The van der Waals surface area contributed by atoms with Crippen LogP contribution in [0.25, 0.3) is 22.5 Å². The van der Waals surface area contributed by atoms with E-state index < -0.39 is 0 Å². The maximum atomic E-state index is 10.8. The van der Waals surface area contributed by atoms with Crippen molar-refractivity contribution in [3.63, 3.8) is 0 Å². The number of phenolic OH excluding ortho intramolecular Hbond substituents is 1. The van der Waals surface area contributed by atoms with Crippen molar-refractivity contribution in [3.05, 3.63) is 36.7 Å². The van der Waals surface area contributed by atoms with Gasteiger partial charge in [0.2, 0.25) is 0 Å². The number of rotatable bonds is 6. The Morgan fingerprint density at radius 3 is 2.37 bits per heavy atom. The molecule has 3 atom stereocenters. The number of aromatic nitrogens is 5. The smallest absolute Gasteiger partial charge is 0.185 e. The molecule has 0 spiro atoms. The van der Waals surface area contributed by atoms with Gasteiger partial charge in [-0.05, 0) is 82.4 Å². The lowest BCUT2D eigenvalue weighted by Gasteiger charge is -2.46. The summed E-state index contributed by atoms with van der Waals surface area (Å²) in [7, 11) is 0. The molecular weight excluding hydrogens is 458 g/mol. The maximum Gasteiger partial charge on any atom is 0.185 e. The fraction of sp³-hybridized carbons (Fsp3) is 0.500. The SMILES string of the molecule is CSc1cc(-c2ccc(-c3ncc(N(C4CC4)C4C[C@]5(C)CC[C@](C)(C4)N5)nn3)c(O)c2)cnn1. The van der Waals surface area contributed by atoms with Crippen molar-refractivity contribution in [2.24, 2.45) is 0 Å². The van der Waals surface area contributed by atoms with Crippen LogP contribution in [-0.4, -0.2) is 59.9 Å². The van der Waals surface area contributed by atoms with Crippen molar-refractivity contribution in [1.29, 1.82) is 0 Å². The molecule has 0 radical (unpaired) electrons.